The summed E-state index contributed by atoms with van der Waals surface area (Å²) in [5.41, 5.74) is 4.88. The minimum Gasteiger partial charge on any atom is -0.488 e. The fraction of sp³-hybridized carbons (Fsp3) is 0.368. The molecule has 0 atom stereocenters. The van der Waals surface area contributed by atoms with E-state index in [0.29, 0.717) is 12.6 Å². The highest BCUT2D eigenvalue weighted by Crippen LogP contribution is 2.24. The first-order chi connectivity index (χ1) is 10.1. The number of aryl methyl sites for hydroxylation is 2. The van der Waals surface area contributed by atoms with Crippen molar-refractivity contribution in [2.45, 2.75) is 46.9 Å². The van der Waals surface area contributed by atoms with Gasteiger partial charge in [0.15, 0.2) is 0 Å². The van der Waals surface area contributed by atoms with Gasteiger partial charge < -0.3 is 10.1 Å². The molecular weight excluding hydrogens is 258 g/mol. The van der Waals surface area contributed by atoms with E-state index in [1.807, 2.05) is 0 Å². The lowest BCUT2D eigenvalue weighted by atomic mass is 10.1. The smallest absolute Gasteiger partial charge is 0.127 e. The summed E-state index contributed by atoms with van der Waals surface area (Å²) in [7, 11) is 0. The molecule has 0 spiro atoms. The van der Waals surface area contributed by atoms with Gasteiger partial charge in [-0.15, -0.1) is 0 Å². The molecule has 2 aromatic carbocycles. The van der Waals surface area contributed by atoms with E-state index in [4.69, 9.17) is 4.74 Å². The molecule has 0 amide bonds. The Morgan fingerprint density at radius 3 is 2.38 bits per heavy atom. The third kappa shape index (κ3) is 4.61. The molecule has 0 heterocycles. The zero-order chi connectivity index (χ0) is 15.2. The van der Waals surface area contributed by atoms with Gasteiger partial charge in [-0.1, -0.05) is 61.9 Å². The maximum absolute atomic E-state index is 6.09. The Bertz CT molecular complexity index is 573. The van der Waals surface area contributed by atoms with Crippen LogP contribution in [0.2, 0.25) is 0 Å². The zero-order valence-corrected chi connectivity index (χ0v) is 13.4. The number of benzene rings is 2. The molecule has 0 aliphatic carbocycles. The van der Waals surface area contributed by atoms with Crippen molar-refractivity contribution in [3.05, 3.63) is 64.7 Å². The third-order valence-electron chi connectivity index (χ3n) is 3.50. The lowest BCUT2D eigenvalue weighted by molar-refractivity contribution is 0.299. The number of hydrogen-bond donors (Lipinski definition) is 1. The normalized spacial score (nSPS) is 10.9. The van der Waals surface area contributed by atoms with Crippen molar-refractivity contribution in [2.24, 2.45) is 0 Å². The fourth-order valence-electron chi connectivity index (χ4n) is 2.21. The SMILES string of the molecule is Cc1ccc(COc2c(C)cccc2CNC(C)C)cc1. The molecule has 0 radical (unpaired) electrons. The lowest BCUT2D eigenvalue weighted by Gasteiger charge is -2.16. The summed E-state index contributed by atoms with van der Waals surface area (Å²) in [6.07, 6.45) is 0. The van der Waals surface area contributed by atoms with Crippen molar-refractivity contribution in [3.63, 3.8) is 0 Å². The molecule has 21 heavy (non-hydrogen) atoms. The highest BCUT2D eigenvalue weighted by Gasteiger charge is 2.08. The fourth-order valence-corrected chi connectivity index (χ4v) is 2.21. The van der Waals surface area contributed by atoms with Crippen LogP contribution in [0, 0.1) is 13.8 Å². The Morgan fingerprint density at radius 2 is 1.71 bits per heavy atom. The zero-order valence-electron chi connectivity index (χ0n) is 13.4. The molecule has 0 aliphatic rings. The van der Waals surface area contributed by atoms with Gasteiger partial charge in [0, 0.05) is 18.2 Å². The van der Waals surface area contributed by atoms with Crippen molar-refractivity contribution >= 4 is 0 Å². The molecule has 2 nitrogen and oxygen atoms in total. The Balaban J connectivity index is 2.09. The van der Waals surface area contributed by atoms with Gasteiger partial charge in [-0.3, -0.25) is 0 Å². The summed E-state index contributed by atoms with van der Waals surface area (Å²) in [6.45, 7) is 9.96. The Hall–Kier alpha value is -1.80. The van der Waals surface area contributed by atoms with Crippen molar-refractivity contribution in [1.82, 2.24) is 5.32 Å². The molecule has 0 aliphatic heterocycles. The second-order valence-electron chi connectivity index (χ2n) is 5.87. The van der Waals surface area contributed by atoms with E-state index in [9.17, 15) is 0 Å². The van der Waals surface area contributed by atoms with Crippen LogP contribution in [0.1, 0.15) is 36.1 Å². The van der Waals surface area contributed by atoms with Crippen LogP contribution in [-0.2, 0) is 13.2 Å². The second kappa shape index (κ2) is 7.28. The van der Waals surface area contributed by atoms with E-state index < -0.39 is 0 Å². The summed E-state index contributed by atoms with van der Waals surface area (Å²) in [5, 5.41) is 3.46. The quantitative estimate of drug-likeness (QED) is 0.849. The summed E-state index contributed by atoms with van der Waals surface area (Å²) < 4.78 is 6.09. The molecule has 1 N–H and O–H groups in total. The number of rotatable bonds is 6. The van der Waals surface area contributed by atoms with Crippen molar-refractivity contribution in [2.75, 3.05) is 0 Å². The molecule has 2 rings (SSSR count). The van der Waals surface area contributed by atoms with Crippen LogP contribution in [-0.4, -0.2) is 6.04 Å². The van der Waals surface area contributed by atoms with Gasteiger partial charge in [-0.25, -0.2) is 0 Å². The van der Waals surface area contributed by atoms with Gasteiger partial charge in [-0.2, -0.15) is 0 Å². The minimum absolute atomic E-state index is 0.468. The van der Waals surface area contributed by atoms with Crippen LogP contribution in [0.15, 0.2) is 42.5 Å². The Kier molecular flexibility index (Phi) is 5.40. The Labute approximate surface area is 128 Å². The molecule has 0 unspecified atom stereocenters. The van der Waals surface area contributed by atoms with Crippen LogP contribution in [0.5, 0.6) is 5.75 Å². The summed E-state index contributed by atoms with van der Waals surface area (Å²) in [6, 6.07) is 15.3. The van der Waals surface area contributed by atoms with Gasteiger partial charge in [-0.05, 0) is 25.0 Å². The summed E-state index contributed by atoms with van der Waals surface area (Å²) in [5.74, 6) is 1.01. The van der Waals surface area contributed by atoms with Gasteiger partial charge in [0.2, 0.25) is 0 Å². The average Bonchev–Trinajstić information content (AvgIpc) is 2.46. The Morgan fingerprint density at radius 1 is 1.00 bits per heavy atom. The first kappa shape index (κ1) is 15.6. The van der Waals surface area contributed by atoms with Gasteiger partial charge in [0.25, 0.3) is 0 Å². The molecule has 2 heteroatoms. The first-order valence-corrected chi connectivity index (χ1v) is 7.56. The second-order valence-corrected chi connectivity index (χ2v) is 5.87. The van der Waals surface area contributed by atoms with E-state index in [1.165, 1.54) is 22.3 Å². The van der Waals surface area contributed by atoms with E-state index in [-0.39, 0.29) is 0 Å². The third-order valence-corrected chi connectivity index (χ3v) is 3.50. The van der Waals surface area contributed by atoms with Crippen LogP contribution in [0.25, 0.3) is 0 Å². The topological polar surface area (TPSA) is 21.3 Å². The minimum atomic E-state index is 0.468. The predicted molar refractivity (Wildman–Crippen MR) is 88.7 cm³/mol. The molecule has 112 valence electrons. The summed E-state index contributed by atoms with van der Waals surface area (Å²) in [4.78, 5) is 0. The van der Waals surface area contributed by atoms with E-state index in [0.717, 1.165) is 12.3 Å². The molecular formula is C19H25NO. The molecule has 0 aromatic heterocycles. The van der Waals surface area contributed by atoms with Crippen LogP contribution in [0.4, 0.5) is 0 Å². The highest BCUT2D eigenvalue weighted by atomic mass is 16.5. The largest absolute Gasteiger partial charge is 0.488 e. The van der Waals surface area contributed by atoms with Crippen LogP contribution in [0.3, 0.4) is 0 Å². The van der Waals surface area contributed by atoms with Gasteiger partial charge in [0.1, 0.15) is 12.4 Å². The van der Waals surface area contributed by atoms with Crippen LogP contribution < -0.4 is 10.1 Å². The number of nitrogens with one attached hydrogen (secondary N) is 1. The highest BCUT2D eigenvalue weighted by molar-refractivity contribution is 5.41. The van der Waals surface area contributed by atoms with Crippen molar-refractivity contribution in [3.8, 4) is 5.75 Å². The molecule has 2 aromatic rings. The monoisotopic (exact) mass is 283 g/mol. The van der Waals surface area contributed by atoms with E-state index in [1.54, 1.807) is 0 Å². The number of hydrogen-bond acceptors (Lipinski definition) is 2. The lowest BCUT2D eigenvalue weighted by Crippen LogP contribution is -2.22. The van der Waals surface area contributed by atoms with Gasteiger partial charge >= 0.3 is 0 Å². The van der Waals surface area contributed by atoms with E-state index in [2.05, 4.69) is 75.5 Å². The first-order valence-electron chi connectivity index (χ1n) is 7.56. The molecule has 0 saturated heterocycles. The molecule has 0 fully saturated rings. The maximum Gasteiger partial charge on any atom is 0.127 e. The number of para-hydroxylation sites is 1. The van der Waals surface area contributed by atoms with Crippen molar-refractivity contribution in [1.29, 1.82) is 0 Å². The predicted octanol–water partition coefficient (Wildman–Crippen LogP) is 4.38. The van der Waals surface area contributed by atoms with E-state index >= 15 is 0 Å². The van der Waals surface area contributed by atoms with Crippen molar-refractivity contribution < 1.29 is 4.74 Å². The molecule has 0 bridgehead atoms. The number of ether oxygens (including phenoxy) is 1. The standard InChI is InChI=1S/C19H25NO/c1-14(2)20-12-18-7-5-6-16(4)19(18)21-13-17-10-8-15(3)9-11-17/h5-11,14,20H,12-13H2,1-4H3. The van der Waals surface area contributed by atoms with Crippen LogP contribution >= 0.6 is 0 Å². The molecule has 0 saturated carbocycles. The van der Waals surface area contributed by atoms with Gasteiger partial charge in [0.05, 0.1) is 0 Å². The summed E-state index contributed by atoms with van der Waals surface area (Å²) >= 11 is 0. The average molecular weight is 283 g/mol. The maximum atomic E-state index is 6.09.